The van der Waals surface area contributed by atoms with Crippen molar-refractivity contribution in [1.82, 2.24) is 0 Å². The minimum atomic E-state index is -5.19. The maximum atomic E-state index is 11.9. The van der Waals surface area contributed by atoms with E-state index < -0.39 is 94.5 Å². The molecule has 4 aromatic carbocycles. The molecule has 4 aromatic rings. The minimum absolute atomic E-state index is 0.0193. The highest BCUT2D eigenvalue weighted by Crippen LogP contribution is 2.48. The summed E-state index contributed by atoms with van der Waals surface area (Å²) in [5.41, 5.74) is 16.6. The molecule has 0 bridgehead atoms. The molecule has 13 N–H and O–H groups in total. The fraction of sp³-hybridized carbons (Fsp3) is 0.0435. The van der Waals surface area contributed by atoms with Gasteiger partial charge in [-0.1, -0.05) is 0 Å². The molecule has 0 aromatic heterocycles. The van der Waals surface area contributed by atoms with E-state index in [1.807, 2.05) is 0 Å². The fourth-order valence-electron chi connectivity index (χ4n) is 3.86. The number of nitrogens with zero attached hydrogens (tertiary/aromatic N) is 2. The van der Waals surface area contributed by atoms with Gasteiger partial charge in [-0.2, -0.15) is 33.7 Å². The second-order valence-corrected chi connectivity index (χ2v) is 14.8. The van der Waals surface area contributed by atoms with Gasteiger partial charge in [-0.25, -0.2) is 0 Å². The van der Waals surface area contributed by atoms with Gasteiger partial charge in [0.15, 0.2) is 11.5 Å². The summed E-state index contributed by atoms with van der Waals surface area (Å²) in [5.74, 6) is -2.25. The molecule has 0 radical (unpaired) electrons. The highest BCUT2D eigenvalue weighted by Gasteiger charge is 2.28. The monoisotopic (exact) mass is 752 g/mol. The van der Waals surface area contributed by atoms with Crippen LogP contribution in [0.5, 0.6) is 11.5 Å². The number of hydrogen-bond donors (Lipinski definition) is 10. The lowest BCUT2D eigenvalue weighted by atomic mass is 10.1. The number of aromatic hydroxyl groups is 2. The summed E-state index contributed by atoms with van der Waals surface area (Å²) in [4.78, 5) is 1.23. The average Bonchev–Trinajstić information content (AvgIpc) is 2.94. The number of azo groups is 1. The van der Waals surface area contributed by atoms with Crippen molar-refractivity contribution in [1.29, 1.82) is 0 Å². The number of benzene rings is 4. The number of anilines is 4. The molecule has 0 aliphatic rings. The second kappa shape index (κ2) is 13.3. The van der Waals surface area contributed by atoms with Gasteiger partial charge in [0.2, 0.25) is 0 Å². The number of rotatable bonds is 8. The summed E-state index contributed by atoms with van der Waals surface area (Å²) in [6.45, 7) is 0. The second-order valence-electron chi connectivity index (χ2n) is 9.19. The molecule has 0 fully saturated rings. The van der Waals surface area contributed by atoms with Gasteiger partial charge in [0, 0.05) is 5.69 Å². The van der Waals surface area contributed by atoms with E-state index in [9.17, 15) is 57.5 Å². The Morgan fingerprint density at radius 3 is 1.71 bits per heavy atom. The van der Waals surface area contributed by atoms with Crippen LogP contribution in [0.3, 0.4) is 0 Å². The van der Waals surface area contributed by atoms with E-state index in [2.05, 4.69) is 20.5 Å². The molecule has 0 unspecified atom stereocenters. The van der Waals surface area contributed by atoms with Crippen LogP contribution in [0.25, 0.3) is 10.8 Å². The average molecular weight is 753 g/mol. The summed E-state index contributed by atoms with van der Waals surface area (Å²) in [5, 5.41) is 26.7. The van der Waals surface area contributed by atoms with Crippen LogP contribution in [0, 0.1) is 0 Å². The number of fused-ring (bicyclic) bond motifs is 1. The normalized spacial score (nSPS) is 12.5. The predicted molar refractivity (Wildman–Crippen MR) is 167 cm³/mol. The van der Waals surface area contributed by atoms with Crippen LogP contribution in [0.2, 0.25) is 0 Å². The number of nitrogen functional groups attached to an aromatic ring is 3. The van der Waals surface area contributed by atoms with E-state index in [0.29, 0.717) is 17.8 Å². The number of phenolic OH excluding ortho intramolecular Hbond substituents is 2. The zero-order chi connectivity index (χ0) is 36.6. The van der Waals surface area contributed by atoms with E-state index in [4.69, 9.17) is 21.8 Å². The van der Waals surface area contributed by atoms with Gasteiger partial charge in [0.05, 0.1) is 29.6 Å². The van der Waals surface area contributed by atoms with Crippen LogP contribution in [0.15, 0.2) is 78.3 Å². The highest BCUT2D eigenvalue weighted by molar-refractivity contribution is 7.86. The van der Waals surface area contributed by atoms with E-state index in [0.717, 1.165) is 18.2 Å². The van der Waals surface area contributed by atoms with Crippen molar-refractivity contribution >= 4 is 85.4 Å². The number of hydrogen-bond acceptors (Lipinski definition) is 17. The fourth-order valence-corrected chi connectivity index (χ4v) is 6.46. The molecule has 260 valence electrons. The third kappa shape index (κ3) is 8.34. The summed E-state index contributed by atoms with van der Waals surface area (Å²) in [6, 6.07) is 8.21. The van der Waals surface area contributed by atoms with Crippen molar-refractivity contribution in [3.05, 3.63) is 48.5 Å². The first-order valence-electron chi connectivity index (χ1n) is 12.1. The molecular weight excluding hydrogens is 729 g/mol. The number of nitrogens with two attached hydrogens (primary N) is 3. The Kier molecular flexibility index (Phi) is 10.4. The molecule has 0 aliphatic carbocycles. The van der Waals surface area contributed by atoms with Crippen LogP contribution < -0.4 is 22.7 Å². The third-order valence-corrected chi connectivity index (χ3v) is 9.45. The lowest BCUT2D eigenvalue weighted by Gasteiger charge is -2.13. The molecule has 0 saturated carbocycles. The number of nitrogens with one attached hydrogen (secondary N) is 1. The van der Waals surface area contributed by atoms with Gasteiger partial charge in [-0.15, -0.1) is 10.2 Å². The Labute approximate surface area is 271 Å². The van der Waals surface area contributed by atoms with E-state index in [-0.39, 0.29) is 16.3 Å². The lowest BCUT2D eigenvalue weighted by molar-refractivity contribution is 0.271. The first-order chi connectivity index (χ1) is 21.9. The molecule has 4 rings (SSSR count). The Balaban J connectivity index is 0.000000373. The first kappa shape index (κ1) is 37.6. The smallest absolute Gasteiger partial charge is 0.296 e. The van der Waals surface area contributed by atoms with Crippen LogP contribution >= 0.6 is 0 Å². The highest BCUT2D eigenvalue weighted by atomic mass is 32.2. The number of phenols is 2. The molecule has 0 saturated heterocycles. The van der Waals surface area contributed by atoms with Gasteiger partial charge >= 0.3 is 0 Å². The van der Waals surface area contributed by atoms with Crippen molar-refractivity contribution in [2.24, 2.45) is 10.2 Å². The van der Waals surface area contributed by atoms with Crippen molar-refractivity contribution in [3.63, 3.8) is 0 Å². The van der Waals surface area contributed by atoms with Crippen molar-refractivity contribution in [2.45, 2.75) is 19.6 Å². The van der Waals surface area contributed by atoms with Crippen LogP contribution in [0.1, 0.15) is 0 Å². The molecule has 48 heavy (non-hydrogen) atoms. The van der Waals surface area contributed by atoms with Crippen LogP contribution in [-0.4, -0.2) is 69.2 Å². The summed E-state index contributed by atoms with van der Waals surface area (Å²) in [7, 11) is -18.0. The van der Waals surface area contributed by atoms with E-state index in [1.165, 1.54) is 25.3 Å². The topological polar surface area (TPSA) is 382 Å². The zero-order valence-corrected chi connectivity index (χ0v) is 27.0. The molecule has 0 amide bonds. The largest absolute Gasteiger partial charge is 0.505 e. The zero-order valence-electron chi connectivity index (χ0n) is 23.7. The Bertz CT molecular complexity index is 2420. The molecular formula is C23H24N6O15S4. The SMILES string of the molecule is CONc1ccc(N)c(S(=O)(=O)O)c1.Nc1ccc(N=Nc2c(S(=O)(=O)O)cc3cc(S(=O)(=O)O)c(N)c(O)c3c2O)c(S(=O)(=O)O)c1. The van der Waals surface area contributed by atoms with Gasteiger partial charge in [-0.05, 0) is 53.9 Å². The summed E-state index contributed by atoms with van der Waals surface area (Å²) < 4.78 is 129. The molecule has 0 spiro atoms. The van der Waals surface area contributed by atoms with Gasteiger partial charge in [0.25, 0.3) is 40.5 Å². The standard InChI is InChI=1S/C16H14N4O11S3.C7H10N2O4S/c17-7-1-2-8(9(5-7)32(23,24)25)19-20-14-11(34(29,30)31)4-6-3-10(33(26,27)28)13(18)15(21)12(6)16(14)22;1-13-9-5-2-3-6(8)7(4-5)14(10,11)12/h1-5,21-22H,17-18H2,(H,23,24,25)(H,26,27,28)(H,29,30,31);2-4,9H,8H2,1H3,(H,10,11,12). The van der Waals surface area contributed by atoms with Crippen molar-refractivity contribution in [3.8, 4) is 11.5 Å². The van der Waals surface area contributed by atoms with E-state index in [1.54, 1.807) is 0 Å². The third-order valence-electron chi connectivity index (χ3n) is 5.90. The summed E-state index contributed by atoms with van der Waals surface area (Å²) in [6.07, 6.45) is 0. The maximum absolute atomic E-state index is 11.9. The van der Waals surface area contributed by atoms with Crippen LogP contribution in [-0.2, 0) is 45.3 Å². The minimum Gasteiger partial charge on any atom is -0.505 e. The Morgan fingerprint density at radius 1 is 0.646 bits per heavy atom. The van der Waals surface area contributed by atoms with Gasteiger partial charge in [-0.3, -0.25) is 28.5 Å². The molecule has 25 heteroatoms. The molecule has 21 nitrogen and oxygen atoms in total. The quantitative estimate of drug-likeness (QED) is 0.0404. The molecule has 0 atom stereocenters. The molecule has 0 aliphatic heterocycles. The summed E-state index contributed by atoms with van der Waals surface area (Å²) >= 11 is 0. The van der Waals surface area contributed by atoms with Gasteiger partial charge in [0.1, 0.15) is 31.0 Å². The van der Waals surface area contributed by atoms with Gasteiger partial charge < -0.3 is 27.4 Å². The van der Waals surface area contributed by atoms with Crippen molar-refractivity contribution in [2.75, 3.05) is 29.8 Å². The Hall–Kier alpha value is -4.86. The lowest BCUT2D eigenvalue weighted by Crippen LogP contribution is -2.05. The van der Waals surface area contributed by atoms with Crippen LogP contribution in [0.4, 0.5) is 34.1 Å². The molecule has 0 heterocycles. The first-order valence-corrected chi connectivity index (χ1v) is 17.8. The van der Waals surface area contributed by atoms with E-state index >= 15 is 0 Å². The van der Waals surface area contributed by atoms with Crippen molar-refractivity contribution < 1.29 is 66.9 Å². The maximum Gasteiger partial charge on any atom is 0.296 e. The Morgan fingerprint density at radius 2 is 1.19 bits per heavy atom. The predicted octanol–water partition coefficient (Wildman–Crippen LogP) is 2.06.